The van der Waals surface area contributed by atoms with E-state index < -0.39 is 6.10 Å². The lowest BCUT2D eigenvalue weighted by molar-refractivity contribution is 0.179. The van der Waals surface area contributed by atoms with Crippen LogP contribution in [0.25, 0.3) is 0 Å². The summed E-state index contributed by atoms with van der Waals surface area (Å²) in [6, 6.07) is 7.81. The first-order valence-electron chi connectivity index (χ1n) is 5.28. The summed E-state index contributed by atoms with van der Waals surface area (Å²) in [4.78, 5) is 0. The molecule has 90 valence electrons. The van der Waals surface area contributed by atoms with Crippen molar-refractivity contribution in [1.82, 2.24) is 9.78 Å². The van der Waals surface area contributed by atoms with Crippen molar-refractivity contribution in [2.45, 2.75) is 12.5 Å². The number of aryl methyl sites for hydroxylation is 1. The Kier molecular flexibility index (Phi) is 3.49. The first-order chi connectivity index (χ1) is 8.09. The summed E-state index contributed by atoms with van der Waals surface area (Å²) in [6.07, 6.45) is 1.48. The van der Waals surface area contributed by atoms with Gasteiger partial charge in [-0.25, -0.2) is 0 Å². The van der Waals surface area contributed by atoms with Gasteiger partial charge in [-0.1, -0.05) is 34.1 Å². The van der Waals surface area contributed by atoms with Crippen LogP contribution in [0.1, 0.15) is 17.2 Å². The zero-order chi connectivity index (χ0) is 12.4. The minimum Gasteiger partial charge on any atom is -0.388 e. The van der Waals surface area contributed by atoms with Crippen LogP contribution in [-0.2, 0) is 13.5 Å². The minimum atomic E-state index is -0.637. The van der Waals surface area contributed by atoms with Gasteiger partial charge in [-0.05, 0) is 11.6 Å². The number of hydrogen-bond acceptors (Lipinski definition) is 3. The lowest BCUT2D eigenvalue weighted by Gasteiger charge is -2.11. The second-order valence-corrected chi connectivity index (χ2v) is 4.77. The predicted octanol–water partition coefficient (Wildman–Crippen LogP) is 2.04. The third-order valence-corrected chi connectivity index (χ3v) is 3.52. The van der Waals surface area contributed by atoms with Crippen LogP contribution in [-0.4, -0.2) is 14.9 Å². The SMILES string of the molecule is Cn1ncc(C(O)Cc2ccccc2Br)c1N. The molecule has 0 radical (unpaired) electrons. The number of benzene rings is 1. The number of rotatable bonds is 3. The highest BCUT2D eigenvalue weighted by Crippen LogP contribution is 2.26. The van der Waals surface area contributed by atoms with Crippen molar-refractivity contribution in [2.75, 3.05) is 5.73 Å². The predicted molar refractivity (Wildman–Crippen MR) is 70.4 cm³/mol. The zero-order valence-electron chi connectivity index (χ0n) is 9.47. The second-order valence-electron chi connectivity index (χ2n) is 3.92. The highest BCUT2D eigenvalue weighted by molar-refractivity contribution is 9.10. The Morgan fingerprint density at radius 3 is 2.76 bits per heavy atom. The van der Waals surface area contributed by atoms with Crippen molar-refractivity contribution >= 4 is 21.7 Å². The van der Waals surface area contributed by atoms with Gasteiger partial charge in [0.2, 0.25) is 0 Å². The molecule has 0 saturated carbocycles. The molecule has 1 heterocycles. The summed E-state index contributed by atoms with van der Waals surface area (Å²) in [5, 5.41) is 14.2. The standard InChI is InChI=1S/C12H14BrN3O/c1-16-12(14)9(7-15-16)11(17)6-8-4-2-3-5-10(8)13/h2-5,7,11,17H,6,14H2,1H3. The third kappa shape index (κ3) is 2.50. The van der Waals surface area contributed by atoms with Gasteiger partial charge in [0, 0.05) is 23.5 Å². The van der Waals surface area contributed by atoms with E-state index in [0.717, 1.165) is 10.0 Å². The maximum atomic E-state index is 10.1. The molecule has 0 aliphatic rings. The van der Waals surface area contributed by atoms with Crippen LogP contribution < -0.4 is 5.73 Å². The highest BCUT2D eigenvalue weighted by Gasteiger charge is 2.16. The zero-order valence-corrected chi connectivity index (χ0v) is 11.1. The first kappa shape index (κ1) is 12.1. The maximum absolute atomic E-state index is 10.1. The van der Waals surface area contributed by atoms with Gasteiger partial charge in [-0.2, -0.15) is 5.10 Å². The fourth-order valence-electron chi connectivity index (χ4n) is 1.70. The lowest BCUT2D eigenvalue weighted by atomic mass is 10.0. The number of hydrogen-bond donors (Lipinski definition) is 2. The van der Waals surface area contributed by atoms with Gasteiger partial charge >= 0.3 is 0 Å². The Hall–Kier alpha value is -1.33. The minimum absolute atomic E-state index is 0.504. The van der Waals surface area contributed by atoms with Crippen LogP contribution in [0.15, 0.2) is 34.9 Å². The molecule has 4 nitrogen and oxygen atoms in total. The van der Waals surface area contributed by atoms with E-state index in [9.17, 15) is 5.11 Å². The smallest absolute Gasteiger partial charge is 0.127 e. The molecule has 1 aromatic heterocycles. The number of anilines is 1. The van der Waals surface area contributed by atoms with Crippen LogP contribution in [0.3, 0.4) is 0 Å². The Bertz CT molecular complexity index is 524. The van der Waals surface area contributed by atoms with Gasteiger partial charge in [0.25, 0.3) is 0 Å². The van der Waals surface area contributed by atoms with E-state index >= 15 is 0 Å². The third-order valence-electron chi connectivity index (χ3n) is 2.74. The Balaban J connectivity index is 2.20. The molecule has 1 atom stereocenters. The van der Waals surface area contributed by atoms with Gasteiger partial charge in [-0.15, -0.1) is 0 Å². The van der Waals surface area contributed by atoms with E-state index in [0.29, 0.717) is 17.8 Å². The van der Waals surface area contributed by atoms with Gasteiger partial charge in [0.1, 0.15) is 5.82 Å². The van der Waals surface area contributed by atoms with E-state index in [1.807, 2.05) is 24.3 Å². The summed E-state index contributed by atoms with van der Waals surface area (Å²) >= 11 is 3.46. The molecular formula is C12H14BrN3O. The molecule has 3 N–H and O–H groups in total. The summed E-state index contributed by atoms with van der Waals surface area (Å²) in [5.74, 6) is 0.504. The van der Waals surface area contributed by atoms with Crippen molar-refractivity contribution < 1.29 is 5.11 Å². The maximum Gasteiger partial charge on any atom is 0.127 e. The number of aliphatic hydroxyl groups excluding tert-OH is 1. The quantitative estimate of drug-likeness (QED) is 0.911. The van der Waals surface area contributed by atoms with Gasteiger partial charge < -0.3 is 10.8 Å². The Morgan fingerprint density at radius 2 is 2.18 bits per heavy atom. The number of nitrogens with zero attached hydrogens (tertiary/aromatic N) is 2. The number of nitrogens with two attached hydrogens (primary N) is 1. The summed E-state index contributed by atoms with van der Waals surface area (Å²) in [5.41, 5.74) is 7.54. The Morgan fingerprint density at radius 1 is 1.47 bits per heavy atom. The number of aromatic nitrogens is 2. The molecule has 0 aliphatic heterocycles. The van der Waals surface area contributed by atoms with E-state index in [1.54, 1.807) is 17.9 Å². The number of aliphatic hydroxyl groups is 1. The molecule has 2 aromatic rings. The Labute approximate surface area is 108 Å². The highest BCUT2D eigenvalue weighted by atomic mass is 79.9. The molecule has 0 amide bonds. The average Bonchev–Trinajstić information content (AvgIpc) is 2.63. The van der Waals surface area contributed by atoms with Crippen LogP contribution >= 0.6 is 15.9 Å². The molecule has 1 unspecified atom stereocenters. The van der Waals surface area contributed by atoms with Gasteiger partial charge in [-0.3, -0.25) is 4.68 Å². The number of nitrogen functional groups attached to an aromatic ring is 1. The van der Waals surface area contributed by atoms with Gasteiger partial charge in [0.05, 0.1) is 12.3 Å². The molecule has 0 spiro atoms. The molecule has 0 bridgehead atoms. The van der Waals surface area contributed by atoms with Crippen molar-refractivity contribution in [3.63, 3.8) is 0 Å². The van der Waals surface area contributed by atoms with Crippen molar-refractivity contribution in [3.8, 4) is 0 Å². The molecule has 1 aromatic carbocycles. The topological polar surface area (TPSA) is 64.1 Å². The molecule has 17 heavy (non-hydrogen) atoms. The van der Waals surface area contributed by atoms with E-state index in [4.69, 9.17) is 5.73 Å². The van der Waals surface area contributed by atoms with E-state index in [-0.39, 0.29) is 0 Å². The normalized spacial score (nSPS) is 12.6. The van der Waals surface area contributed by atoms with Crippen molar-refractivity contribution in [3.05, 3.63) is 46.1 Å². The van der Waals surface area contributed by atoms with Crippen LogP contribution in [0.4, 0.5) is 5.82 Å². The number of halogens is 1. The molecular weight excluding hydrogens is 282 g/mol. The van der Waals surface area contributed by atoms with Crippen molar-refractivity contribution in [1.29, 1.82) is 0 Å². The van der Waals surface area contributed by atoms with Gasteiger partial charge in [0.15, 0.2) is 0 Å². The van der Waals surface area contributed by atoms with Crippen LogP contribution in [0.5, 0.6) is 0 Å². The average molecular weight is 296 g/mol. The van der Waals surface area contributed by atoms with Crippen LogP contribution in [0, 0.1) is 0 Å². The fraction of sp³-hybridized carbons (Fsp3) is 0.250. The van der Waals surface area contributed by atoms with Crippen molar-refractivity contribution in [2.24, 2.45) is 7.05 Å². The first-order valence-corrected chi connectivity index (χ1v) is 6.07. The molecule has 5 heteroatoms. The molecule has 0 saturated heterocycles. The second kappa shape index (κ2) is 4.89. The summed E-state index contributed by atoms with van der Waals surface area (Å²) in [6.45, 7) is 0. The largest absolute Gasteiger partial charge is 0.388 e. The fourth-order valence-corrected chi connectivity index (χ4v) is 2.15. The summed E-state index contributed by atoms with van der Waals surface area (Å²) in [7, 11) is 1.75. The summed E-state index contributed by atoms with van der Waals surface area (Å²) < 4.78 is 2.54. The monoisotopic (exact) mass is 295 g/mol. The van der Waals surface area contributed by atoms with E-state index in [1.165, 1.54) is 0 Å². The lowest BCUT2D eigenvalue weighted by Crippen LogP contribution is -2.06. The molecule has 2 rings (SSSR count). The molecule has 0 aliphatic carbocycles. The van der Waals surface area contributed by atoms with Crippen LogP contribution in [0.2, 0.25) is 0 Å². The van der Waals surface area contributed by atoms with E-state index in [2.05, 4.69) is 21.0 Å². The molecule has 0 fully saturated rings.